The molecule has 0 radical (unpaired) electrons. The third-order valence-electron chi connectivity index (χ3n) is 3.42. The molecule has 0 aliphatic carbocycles. The van der Waals surface area contributed by atoms with E-state index in [2.05, 4.69) is 22.2 Å². The van der Waals surface area contributed by atoms with Crippen LogP contribution in [0.2, 0.25) is 5.02 Å². The molecule has 1 aliphatic rings. The molecule has 0 saturated carbocycles. The molecule has 1 aromatic carbocycles. The SMILES string of the molecule is CN(Cc1coc(-c2cccc(Cl)c2)n1)C1CNC1. The average Bonchev–Trinajstić information content (AvgIpc) is 2.75. The zero-order chi connectivity index (χ0) is 13.2. The van der Waals surface area contributed by atoms with Crippen molar-refractivity contribution in [2.75, 3.05) is 20.1 Å². The maximum absolute atomic E-state index is 5.97. The molecule has 5 heteroatoms. The zero-order valence-corrected chi connectivity index (χ0v) is 11.5. The van der Waals surface area contributed by atoms with Gasteiger partial charge in [0.25, 0.3) is 0 Å². The van der Waals surface area contributed by atoms with Gasteiger partial charge in [-0.05, 0) is 25.2 Å². The zero-order valence-electron chi connectivity index (χ0n) is 10.8. The van der Waals surface area contributed by atoms with Gasteiger partial charge in [0.1, 0.15) is 6.26 Å². The number of nitrogens with one attached hydrogen (secondary N) is 1. The van der Waals surface area contributed by atoms with E-state index in [1.165, 1.54) is 0 Å². The normalized spacial score (nSPS) is 15.7. The van der Waals surface area contributed by atoms with Crippen molar-refractivity contribution in [3.63, 3.8) is 0 Å². The lowest BCUT2D eigenvalue weighted by Crippen LogP contribution is -2.55. The van der Waals surface area contributed by atoms with Crippen LogP contribution in [0.25, 0.3) is 11.5 Å². The highest BCUT2D eigenvalue weighted by Crippen LogP contribution is 2.22. The summed E-state index contributed by atoms with van der Waals surface area (Å²) in [6.07, 6.45) is 1.72. The van der Waals surface area contributed by atoms with Gasteiger partial charge in [0.05, 0.1) is 5.69 Å². The summed E-state index contributed by atoms with van der Waals surface area (Å²) < 4.78 is 5.53. The highest BCUT2D eigenvalue weighted by molar-refractivity contribution is 6.30. The molecular formula is C14H16ClN3O. The van der Waals surface area contributed by atoms with Crippen molar-refractivity contribution in [2.24, 2.45) is 0 Å². The molecule has 1 aromatic heterocycles. The van der Waals surface area contributed by atoms with Crippen molar-refractivity contribution < 1.29 is 4.42 Å². The highest BCUT2D eigenvalue weighted by atomic mass is 35.5. The lowest BCUT2D eigenvalue weighted by Gasteiger charge is -2.35. The van der Waals surface area contributed by atoms with Crippen LogP contribution in [0.4, 0.5) is 0 Å². The Labute approximate surface area is 117 Å². The molecule has 0 spiro atoms. The van der Waals surface area contributed by atoms with E-state index in [0.29, 0.717) is 17.0 Å². The lowest BCUT2D eigenvalue weighted by atomic mass is 10.1. The van der Waals surface area contributed by atoms with Gasteiger partial charge in [-0.2, -0.15) is 0 Å². The highest BCUT2D eigenvalue weighted by Gasteiger charge is 2.22. The topological polar surface area (TPSA) is 41.3 Å². The van der Waals surface area contributed by atoms with Gasteiger partial charge < -0.3 is 9.73 Å². The monoisotopic (exact) mass is 277 g/mol. The van der Waals surface area contributed by atoms with Crippen LogP contribution in [0.1, 0.15) is 5.69 Å². The molecule has 1 saturated heterocycles. The number of rotatable bonds is 4. The second kappa shape index (κ2) is 5.33. The third-order valence-corrected chi connectivity index (χ3v) is 3.65. The van der Waals surface area contributed by atoms with Gasteiger partial charge >= 0.3 is 0 Å². The Hall–Kier alpha value is -1.36. The summed E-state index contributed by atoms with van der Waals surface area (Å²) >= 11 is 5.97. The minimum atomic E-state index is 0.603. The minimum absolute atomic E-state index is 0.603. The van der Waals surface area contributed by atoms with Crippen molar-refractivity contribution in [3.05, 3.63) is 41.2 Å². The van der Waals surface area contributed by atoms with E-state index in [0.717, 1.165) is 30.9 Å². The van der Waals surface area contributed by atoms with Crippen LogP contribution >= 0.6 is 11.6 Å². The third kappa shape index (κ3) is 2.81. The van der Waals surface area contributed by atoms with Gasteiger partial charge in [-0.3, -0.25) is 4.90 Å². The summed E-state index contributed by atoms with van der Waals surface area (Å²) in [6, 6.07) is 8.14. The summed E-state index contributed by atoms with van der Waals surface area (Å²) in [6.45, 7) is 2.90. The molecule has 2 heterocycles. The number of aromatic nitrogens is 1. The van der Waals surface area contributed by atoms with E-state index in [-0.39, 0.29) is 0 Å². The second-order valence-corrected chi connectivity index (χ2v) is 5.32. The minimum Gasteiger partial charge on any atom is -0.444 e. The van der Waals surface area contributed by atoms with Crippen LogP contribution < -0.4 is 5.32 Å². The number of oxazole rings is 1. The Morgan fingerprint density at radius 2 is 2.32 bits per heavy atom. The maximum Gasteiger partial charge on any atom is 0.226 e. The van der Waals surface area contributed by atoms with Crippen LogP contribution in [-0.4, -0.2) is 36.1 Å². The van der Waals surface area contributed by atoms with Gasteiger partial charge in [-0.1, -0.05) is 17.7 Å². The van der Waals surface area contributed by atoms with Crippen LogP contribution in [0, 0.1) is 0 Å². The molecule has 0 unspecified atom stereocenters. The molecule has 0 bridgehead atoms. The first kappa shape index (κ1) is 12.7. The Kier molecular flexibility index (Phi) is 3.55. The predicted octanol–water partition coefficient (Wildman–Crippen LogP) is 2.40. The number of hydrogen-bond acceptors (Lipinski definition) is 4. The first-order valence-electron chi connectivity index (χ1n) is 6.33. The Morgan fingerprint density at radius 3 is 3.00 bits per heavy atom. The lowest BCUT2D eigenvalue weighted by molar-refractivity contribution is 0.171. The fourth-order valence-electron chi connectivity index (χ4n) is 2.10. The van der Waals surface area contributed by atoms with Crippen LogP contribution in [0.5, 0.6) is 0 Å². The van der Waals surface area contributed by atoms with E-state index in [4.69, 9.17) is 16.0 Å². The summed E-state index contributed by atoms with van der Waals surface area (Å²) in [5.74, 6) is 0.623. The first-order chi connectivity index (χ1) is 9.22. The van der Waals surface area contributed by atoms with Crippen molar-refractivity contribution in [1.29, 1.82) is 0 Å². The molecule has 2 aromatic rings. The average molecular weight is 278 g/mol. The fraction of sp³-hybridized carbons (Fsp3) is 0.357. The maximum atomic E-state index is 5.97. The molecule has 100 valence electrons. The van der Waals surface area contributed by atoms with E-state index in [1.807, 2.05) is 24.3 Å². The number of nitrogens with zero attached hydrogens (tertiary/aromatic N) is 2. The van der Waals surface area contributed by atoms with Crippen molar-refractivity contribution >= 4 is 11.6 Å². The quantitative estimate of drug-likeness (QED) is 0.932. The summed E-state index contributed by atoms with van der Waals surface area (Å²) in [5, 5.41) is 3.95. The van der Waals surface area contributed by atoms with Gasteiger partial charge in [0.15, 0.2) is 0 Å². The summed E-state index contributed by atoms with van der Waals surface area (Å²) in [7, 11) is 2.11. The Bertz CT molecular complexity index is 565. The number of likely N-dealkylation sites (N-methyl/N-ethyl adjacent to an activating group) is 1. The molecule has 0 amide bonds. The summed E-state index contributed by atoms with van der Waals surface area (Å²) in [4.78, 5) is 6.80. The first-order valence-corrected chi connectivity index (χ1v) is 6.71. The fourth-order valence-corrected chi connectivity index (χ4v) is 2.29. The van der Waals surface area contributed by atoms with E-state index in [1.54, 1.807) is 6.26 Å². The molecule has 0 atom stereocenters. The molecule has 19 heavy (non-hydrogen) atoms. The van der Waals surface area contributed by atoms with E-state index < -0.39 is 0 Å². The van der Waals surface area contributed by atoms with Crippen molar-refractivity contribution in [2.45, 2.75) is 12.6 Å². The Morgan fingerprint density at radius 1 is 1.47 bits per heavy atom. The largest absolute Gasteiger partial charge is 0.444 e. The molecule has 4 nitrogen and oxygen atoms in total. The van der Waals surface area contributed by atoms with Crippen molar-refractivity contribution in [3.8, 4) is 11.5 Å². The van der Waals surface area contributed by atoms with E-state index >= 15 is 0 Å². The smallest absolute Gasteiger partial charge is 0.226 e. The molecular weight excluding hydrogens is 262 g/mol. The number of benzene rings is 1. The van der Waals surface area contributed by atoms with E-state index in [9.17, 15) is 0 Å². The van der Waals surface area contributed by atoms with Crippen molar-refractivity contribution in [1.82, 2.24) is 15.2 Å². The Balaban J connectivity index is 1.72. The number of halogens is 1. The number of hydrogen-bond donors (Lipinski definition) is 1. The van der Waals surface area contributed by atoms with Gasteiger partial charge in [-0.25, -0.2) is 4.98 Å². The summed E-state index contributed by atoms with van der Waals surface area (Å²) in [5.41, 5.74) is 1.86. The molecule has 1 aliphatic heterocycles. The van der Waals surface area contributed by atoms with Crippen LogP contribution in [0.15, 0.2) is 34.9 Å². The predicted molar refractivity (Wildman–Crippen MR) is 75.1 cm³/mol. The van der Waals surface area contributed by atoms with Gasteiger partial charge in [0.2, 0.25) is 5.89 Å². The standard InChI is InChI=1S/C14H16ClN3O/c1-18(13-6-16-7-13)8-12-9-19-14(17-12)10-3-2-4-11(15)5-10/h2-5,9,13,16H,6-8H2,1H3. The second-order valence-electron chi connectivity index (χ2n) is 4.88. The van der Waals surface area contributed by atoms with Gasteiger partial charge in [0, 0.05) is 36.3 Å². The van der Waals surface area contributed by atoms with Crippen LogP contribution in [-0.2, 0) is 6.54 Å². The molecule has 3 rings (SSSR count). The molecule has 1 fully saturated rings. The van der Waals surface area contributed by atoms with Crippen LogP contribution in [0.3, 0.4) is 0 Å². The molecule has 1 N–H and O–H groups in total. The van der Waals surface area contributed by atoms with Gasteiger partial charge in [-0.15, -0.1) is 0 Å².